The van der Waals surface area contributed by atoms with Crippen molar-refractivity contribution >= 4 is 11.3 Å². The number of nitrogens with zero attached hydrogens (tertiary/aromatic N) is 2. The number of aromatic nitrogens is 2. The summed E-state index contributed by atoms with van der Waals surface area (Å²) in [4.78, 5) is 4.70. The second kappa shape index (κ2) is 5.70. The van der Waals surface area contributed by atoms with Gasteiger partial charge in [-0.1, -0.05) is 34.6 Å². The highest BCUT2D eigenvalue weighted by atomic mass is 32.1. The fourth-order valence-corrected chi connectivity index (χ4v) is 3.03. The fraction of sp³-hybridized carbons (Fsp3) is 0.562. The Labute approximate surface area is 125 Å². The van der Waals surface area contributed by atoms with Crippen molar-refractivity contribution in [3.05, 3.63) is 40.1 Å². The highest BCUT2D eigenvalue weighted by molar-refractivity contribution is 7.09. The van der Waals surface area contributed by atoms with E-state index in [1.807, 2.05) is 32.3 Å². The van der Waals surface area contributed by atoms with Crippen LogP contribution in [0.3, 0.4) is 0 Å². The second-order valence-corrected chi connectivity index (χ2v) is 7.63. The van der Waals surface area contributed by atoms with Crippen LogP contribution in [0.1, 0.15) is 57.0 Å². The molecule has 2 heterocycles. The molecule has 1 N–H and O–H groups in total. The maximum Gasteiger partial charge on any atom is 0.113 e. The lowest BCUT2D eigenvalue weighted by atomic mass is 9.93. The maximum absolute atomic E-state index is 10.1. The van der Waals surface area contributed by atoms with Gasteiger partial charge < -0.3 is 9.67 Å². The van der Waals surface area contributed by atoms with Crippen LogP contribution in [0.2, 0.25) is 0 Å². The Bertz CT molecular complexity index is 563. The van der Waals surface area contributed by atoms with E-state index < -0.39 is 6.10 Å². The predicted molar refractivity (Wildman–Crippen MR) is 84.1 cm³/mol. The molecule has 0 radical (unpaired) electrons. The van der Waals surface area contributed by atoms with Crippen LogP contribution in [0.25, 0.3) is 0 Å². The molecule has 0 aromatic carbocycles. The molecule has 0 saturated carbocycles. The van der Waals surface area contributed by atoms with E-state index in [0.717, 1.165) is 22.8 Å². The summed E-state index contributed by atoms with van der Waals surface area (Å²) in [6.07, 6.45) is 3.64. The molecule has 1 atom stereocenters. The minimum atomic E-state index is -0.391. The molecule has 2 rings (SSSR count). The predicted octanol–water partition coefficient (Wildman–Crippen LogP) is 3.98. The van der Waals surface area contributed by atoms with Gasteiger partial charge in [0.25, 0.3) is 0 Å². The van der Waals surface area contributed by atoms with Gasteiger partial charge in [-0.25, -0.2) is 4.98 Å². The molecule has 0 saturated heterocycles. The van der Waals surface area contributed by atoms with Gasteiger partial charge in [0.1, 0.15) is 5.01 Å². The van der Waals surface area contributed by atoms with Crippen LogP contribution in [-0.4, -0.2) is 14.7 Å². The van der Waals surface area contributed by atoms with Crippen molar-refractivity contribution in [3.8, 4) is 0 Å². The molecule has 0 aliphatic rings. The lowest BCUT2D eigenvalue weighted by Gasteiger charge is -2.14. The van der Waals surface area contributed by atoms with Crippen LogP contribution < -0.4 is 0 Å². The number of aliphatic hydroxyl groups is 1. The molecule has 0 fully saturated rings. The van der Waals surface area contributed by atoms with Gasteiger partial charge in [0.2, 0.25) is 0 Å². The molecule has 2 aromatic rings. The molecular formula is C16H24N2OS. The zero-order valence-electron chi connectivity index (χ0n) is 12.9. The van der Waals surface area contributed by atoms with E-state index in [1.54, 1.807) is 11.3 Å². The summed E-state index contributed by atoms with van der Waals surface area (Å²) in [5, 5.41) is 13.3. The number of thiazole rings is 1. The Hall–Kier alpha value is -1.13. The molecule has 0 bridgehead atoms. The molecule has 4 heteroatoms. The Balaban J connectivity index is 2.09. The van der Waals surface area contributed by atoms with E-state index in [2.05, 4.69) is 30.7 Å². The summed E-state index contributed by atoms with van der Waals surface area (Å²) in [5.74, 6) is 0.234. The lowest BCUT2D eigenvalue weighted by molar-refractivity contribution is 0.127. The van der Waals surface area contributed by atoms with Gasteiger partial charge in [0, 0.05) is 23.2 Å². The molecule has 3 nitrogen and oxygen atoms in total. The lowest BCUT2D eigenvalue weighted by Crippen LogP contribution is -2.11. The zero-order chi connectivity index (χ0) is 14.9. The van der Waals surface area contributed by atoms with Crippen molar-refractivity contribution in [2.24, 2.45) is 5.92 Å². The van der Waals surface area contributed by atoms with Crippen LogP contribution in [0, 0.1) is 5.92 Å². The van der Waals surface area contributed by atoms with Crippen molar-refractivity contribution in [1.82, 2.24) is 9.55 Å². The number of rotatable bonds is 4. The maximum atomic E-state index is 10.1. The Kier molecular flexibility index (Phi) is 4.35. The first-order valence-corrected chi connectivity index (χ1v) is 7.94. The van der Waals surface area contributed by atoms with Gasteiger partial charge in [-0.2, -0.15) is 0 Å². The van der Waals surface area contributed by atoms with Gasteiger partial charge >= 0.3 is 0 Å². The summed E-state index contributed by atoms with van der Waals surface area (Å²) in [6, 6.07) is 1.99. The normalized spacial score (nSPS) is 13.9. The van der Waals surface area contributed by atoms with Gasteiger partial charge in [-0.15, -0.1) is 11.3 Å². The van der Waals surface area contributed by atoms with Gasteiger partial charge in [0.15, 0.2) is 0 Å². The summed E-state index contributed by atoms with van der Waals surface area (Å²) in [6.45, 7) is 11.4. The van der Waals surface area contributed by atoms with E-state index in [1.165, 1.54) is 0 Å². The number of aliphatic hydroxyl groups excluding tert-OH is 1. The molecule has 0 spiro atoms. The van der Waals surface area contributed by atoms with Gasteiger partial charge in [-0.3, -0.25) is 0 Å². The molecular weight excluding hydrogens is 268 g/mol. The molecule has 0 amide bonds. The summed E-state index contributed by atoms with van der Waals surface area (Å²) >= 11 is 1.70. The smallest absolute Gasteiger partial charge is 0.113 e. The standard InChI is InChI=1S/C16H24N2OS/c1-11(2)15(19)12-6-7-18(8-12)9-14-17-13(10-20-14)16(3,4)5/h6-8,10-11,15,19H,9H2,1-5H3. The van der Waals surface area contributed by atoms with Crippen molar-refractivity contribution in [1.29, 1.82) is 0 Å². The minimum Gasteiger partial charge on any atom is -0.388 e. The molecule has 0 aliphatic heterocycles. The van der Waals surface area contributed by atoms with E-state index in [9.17, 15) is 5.11 Å². The topological polar surface area (TPSA) is 38.0 Å². The highest BCUT2D eigenvalue weighted by Crippen LogP contribution is 2.25. The SMILES string of the molecule is CC(C)C(O)c1ccn(Cc2nc(C(C)(C)C)cs2)c1. The molecule has 110 valence electrons. The quantitative estimate of drug-likeness (QED) is 0.925. The van der Waals surface area contributed by atoms with Gasteiger partial charge in [-0.05, 0) is 17.5 Å². The monoisotopic (exact) mass is 292 g/mol. The van der Waals surface area contributed by atoms with Crippen molar-refractivity contribution < 1.29 is 5.11 Å². The second-order valence-electron chi connectivity index (χ2n) is 6.68. The summed E-state index contributed by atoms with van der Waals surface area (Å²) in [7, 11) is 0. The largest absolute Gasteiger partial charge is 0.388 e. The van der Waals surface area contributed by atoms with Crippen molar-refractivity contribution in [2.75, 3.05) is 0 Å². The summed E-state index contributed by atoms with van der Waals surface area (Å²) in [5.41, 5.74) is 2.23. The Morgan fingerprint density at radius 1 is 1.35 bits per heavy atom. The van der Waals surface area contributed by atoms with E-state index in [-0.39, 0.29) is 11.3 Å². The van der Waals surface area contributed by atoms with E-state index in [4.69, 9.17) is 4.98 Å². The molecule has 1 unspecified atom stereocenters. The first-order chi connectivity index (χ1) is 9.27. The first-order valence-electron chi connectivity index (χ1n) is 7.06. The molecule has 2 aromatic heterocycles. The van der Waals surface area contributed by atoms with Crippen LogP contribution in [0.15, 0.2) is 23.8 Å². The van der Waals surface area contributed by atoms with Crippen LogP contribution in [-0.2, 0) is 12.0 Å². The van der Waals surface area contributed by atoms with E-state index in [0.29, 0.717) is 0 Å². The third kappa shape index (κ3) is 3.49. The third-order valence-electron chi connectivity index (χ3n) is 3.38. The van der Waals surface area contributed by atoms with Crippen LogP contribution in [0.4, 0.5) is 0 Å². The van der Waals surface area contributed by atoms with Crippen molar-refractivity contribution in [2.45, 2.75) is 52.7 Å². The Morgan fingerprint density at radius 2 is 2.05 bits per heavy atom. The van der Waals surface area contributed by atoms with Crippen LogP contribution >= 0.6 is 11.3 Å². The zero-order valence-corrected chi connectivity index (χ0v) is 13.7. The van der Waals surface area contributed by atoms with Crippen LogP contribution in [0.5, 0.6) is 0 Å². The minimum absolute atomic E-state index is 0.102. The molecule has 0 aliphatic carbocycles. The van der Waals surface area contributed by atoms with Gasteiger partial charge in [0.05, 0.1) is 18.3 Å². The average molecular weight is 292 g/mol. The fourth-order valence-electron chi connectivity index (χ4n) is 2.00. The van der Waals surface area contributed by atoms with Crippen molar-refractivity contribution in [3.63, 3.8) is 0 Å². The number of hydrogen-bond donors (Lipinski definition) is 1. The first kappa shape index (κ1) is 15.3. The third-order valence-corrected chi connectivity index (χ3v) is 4.22. The molecule has 20 heavy (non-hydrogen) atoms. The average Bonchev–Trinajstić information content (AvgIpc) is 2.96. The highest BCUT2D eigenvalue weighted by Gasteiger charge is 2.18. The number of hydrogen-bond acceptors (Lipinski definition) is 3. The summed E-state index contributed by atoms with van der Waals surface area (Å²) < 4.78 is 2.09. The Morgan fingerprint density at radius 3 is 2.60 bits per heavy atom. The van der Waals surface area contributed by atoms with E-state index >= 15 is 0 Å².